The molecule has 0 aliphatic rings. The first-order chi connectivity index (χ1) is 6.61. The van der Waals surface area contributed by atoms with Crippen LogP contribution in [0.4, 0.5) is 5.69 Å². The standard InChI is InChI=1S/C10H15N3O/c1-8-6-11-5-4-9(8)12-7-10(14)13(2)3/h4-6H,7H2,1-3H3,(H,11,12). The maximum absolute atomic E-state index is 11.3. The highest BCUT2D eigenvalue weighted by atomic mass is 16.2. The fourth-order valence-electron chi connectivity index (χ4n) is 1.00. The third kappa shape index (κ3) is 2.73. The largest absolute Gasteiger partial charge is 0.376 e. The van der Waals surface area contributed by atoms with E-state index in [4.69, 9.17) is 0 Å². The predicted octanol–water partition coefficient (Wildman–Crippen LogP) is 0.890. The van der Waals surface area contributed by atoms with Gasteiger partial charge in [-0.3, -0.25) is 9.78 Å². The van der Waals surface area contributed by atoms with Gasteiger partial charge in [-0.2, -0.15) is 0 Å². The van der Waals surface area contributed by atoms with E-state index in [1.165, 1.54) is 0 Å². The molecule has 0 aromatic carbocycles. The van der Waals surface area contributed by atoms with Crippen LogP contribution < -0.4 is 5.32 Å². The molecule has 0 saturated carbocycles. The van der Waals surface area contributed by atoms with Crippen molar-refractivity contribution in [2.75, 3.05) is 26.0 Å². The summed E-state index contributed by atoms with van der Waals surface area (Å²) in [5.74, 6) is 0.0567. The molecule has 14 heavy (non-hydrogen) atoms. The molecule has 0 bridgehead atoms. The van der Waals surface area contributed by atoms with Crippen molar-refractivity contribution in [3.8, 4) is 0 Å². The SMILES string of the molecule is Cc1cnccc1NCC(=O)N(C)C. The van der Waals surface area contributed by atoms with Crippen molar-refractivity contribution in [2.24, 2.45) is 0 Å². The van der Waals surface area contributed by atoms with Gasteiger partial charge in [-0.1, -0.05) is 0 Å². The number of carbonyl (C=O) groups excluding carboxylic acids is 1. The van der Waals surface area contributed by atoms with Gasteiger partial charge in [-0.15, -0.1) is 0 Å². The molecule has 4 nitrogen and oxygen atoms in total. The number of carbonyl (C=O) groups is 1. The topological polar surface area (TPSA) is 45.2 Å². The summed E-state index contributed by atoms with van der Waals surface area (Å²) in [7, 11) is 3.48. The molecule has 0 atom stereocenters. The summed E-state index contributed by atoms with van der Waals surface area (Å²) < 4.78 is 0. The Kier molecular flexibility index (Phi) is 3.45. The van der Waals surface area contributed by atoms with Crippen LogP contribution in [0.2, 0.25) is 0 Å². The first-order valence-corrected chi connectivity index (χ1v) is 4.46. The average molecular weight is 193 g/mol. The van der Waals surface area contributed by atoms with Crippen LogP contribution in [0.15, 0.2) is 18.5 Å². The molecule has 1 N–H and O–H groups in total. The second kappa shape index (κ2) is 4.60. The summed E-state index contributed by atoms with van der Waals surface area (Å²) in [5.41, 5.74) is 1.99. The molecule has 4 heteroatoms. The lowest BCUT2D eigenvalue weighted by Crippen LogP contribution is -2.28. The third-order valence-electron chi connectivity index (χ3n) is 1.95. The van der Waals surface area contributed by atoms with E-state index in [-0.39, 0.29) is 5.91 Å². The number of anilines is 1. The monoisotopic (exact) mass is 193 g/mol. The molecule has 0 unspecified atom stereocenters. The van der Waals surface area contributed by atoms with E-state index in [1.54, 1.807) is 31.4 Å². The first kappa shape index (κ1) is 10.5. The summed E-state index contributed by atoms with van der Waals surface area (Å²) >= 11 is 0. The Labute approximate surface area is 83.9 Å². The zero-order valence-electron chi connectivity index (χ0n) is 8.74. The number of aryl methyl sites for hydroxylation is 1. The van der Waals surface area contributed by atoms with Crippen LogP contribution in [0, 0.1) is 6.92 Å². The average Bonchev–Trinajstić information content (AvgIpc) is 2.16. The van der Waals surface area contributed by atoms with Gasteiger partial charge in [0.25, 0.3) is 0 Å². The van der Waals surface area contributed by atoms with Gasteiger partial charge < -0.3 is 10.2 Å². The zero-order chi connectivity index (χ0) is 10.6. The van der Waals surface area contributed by atoms with Crippen molar-refractivity contribution >= 4 is 11.6 Å². The van der Waals surface area contributed by atoms with Crippen LogP contribution in [0.3, 0.4) is 0 Å². The minimum Gasteiger partial charge on any atom is -0.376 e. The number of aromatic nitrogens is 1. The maximum Gasteiger partial charge on any atom is 0.241 e. The summed E-state index contributed by atoms with van der Waals surface area (Å²) in [6, 6.07) is 1.86. The van der Waals surface area contributed by atoms with E-state index in [0.717, 1.165) is 11.3 Å². The van der Waals surface area contributed by atoms with E-state index >= 15 is 0 Å². The second-order valence-corrected chi connectivity index (χ2v) is 3.33. The normalized spacial score (nSPS) is 9.64. The van der Waals surface area contributed by atoms with Gasteiger partial charge in [0.1, 0.15) is 0 Å². The van der Waals surface area contributed by atoms with E-state index in [2.05, 4.69) is 10.3 Å². The van der Waals surface area contributed by atoms with Crippen LogP contribution in [0.25, 0.3) is 0 Å². The van der Waals surface area contributed by atoms with E-state index in [1.807, 2.05) is 13.0 Å². The minimum absolute atomic E-state index is 0.0567. The van der Waals surface area contributed by atoms with Crippen molar-refractivity contribution in [3.05, 3.63) is 24.0 Å². The number of likely N-dealkylation sites (N-methyl/N-ethyl adjacent to an activating group) is 1. The summed E-state index contributed by atoms with van der Waals surface area (Å²) in [6.45, 7) is 2.27. The molecule has 1 aromatic heterocycles. The van der Waals surface area contributed by atoms with E-state index < -0.39 is 0 Å². The van der Waals surface area contributed by atoms with Gasteiger partial charge in [0.05, 0.1) is 6.54 Å². The molecule has 76 valence electrons. The van der Waals surface area contributed by atoms with Crippen molar-refractivity contribution < 1.29 is 4.79 Å². The molecule has 0 fully saturated rings. The van der Waals surface area contributed by atoms with Gasteiger partial charge in [-0.25, -0.2) is 0 Å². The van der Waals surface area contributed by atoms with Crippen molar-refractivity contribution in [2.45, 2.75) is 6.92 Å². The van der Waals surface area contributed by atoms with Crippen LogP contribution in [0.5, 0.6) is 0 Å². The molecular formula is C10H15N3O. The fraction of sp³-hybridized carbons (Fsp3) is 0.400. The molecule has 1 heterocycles. The summed E-state index contributed by atoms with van der Waals surface area (Å²) in [4.78, 5) is 16.8. The number of amides is 1. The lowest BCUT2D eigenvalue weighted by Gasteiger charge is -2.12. The molecule has 1 aromatic rings. The molecule has 0 aliphatic heterocycles. The van der Waals surface area contributed by atoms with Crippen molar-refractivity contribution in [1.29, 1.82) is 0 Å². The molecule has 1 amide bonds. The van der Waals surface area contributed by atoms with Crippen LogP contribution in [-0.4, -0.2) is 36.4 Å². The fourth-order valence-corrected chi connectivity index (χ4v) is 1.00. The van der Waals surface area contributed by atoms with Gasteiger partial charge in [0.15, 0.2) is 0 Å². The lowest BCUT2D eigenvalue weighted by molar-refractivity contribution is -0.126. The maximum atomic E-state index is 11.3. The molecular weight excluding hydrogens is 178 g/mol. The molecule has 0 spiro atoms. The molecule has 0 aliphatic carbocycles. The number of nitrogens with zero attached hydrogens (tertiary/aromatic N) is 2. The number of rotatable bonds is 3. The van der Waals surface area contributed by atoms with E-state index in [0.29, 0.717) is 6.54 Å². The first-order valence-electron chi connectivity index (χ1n) is 4.46. The second-order valence-electron chi connectivity index (χ2n) is 3.33. The zero-order valence-corrected chi connectivity index (χ0v) is 8.74. The van der Waals surface area contributed by atoms with Gasteiger partial charge in [-0.05, 0) is 18.6 Å². The highest BCUT2D eigenvalue weighted by molar-refractivity contribution is 5.80. The molecule has 0 saturated heterocycles. The Balaban J connectivity index is 2.54. The number of pyridine rings is 1. The van der Waals surface area contributed by atoms with Crippen LogP contribution >= 0.6 is 0 Å². The number of hydrogen-bond acceptors (Lipinski definition) is 3. The molecule has 0 radical (unpaired) electrons. The van der Waals surface area contributed by atoms with Gasteiger partial charge in [0.2, 0.25) is 5.91 Å². The number of nitrogens with one attached hydrogen (secondary N) is 1. The van der Waals surface area contributed by atoms with Crippen molar-refractivity contribution in [3.63, 3.8) is 0 Å². The Bertz CT molecular complexity index is 323. The quantitative estimate of drug-likeness (QED) is 0.775. The Morgan fingerprint density at radius 2 is 2.29 bits per heavy atom. The Morgan fingerprint density at radius 1 is 1.57 bits per heavy atom. The lowest BCUT2D eigenvalue weighted by atomic mass is 10.2. The highest BCUT2D eigenvalue weighted by Crippen LogP contribution is 2.10. The summed E-state index contributed by atoms with van der Waals surface area (Å²) in [5, 5.41) is 3.06. The van der Waals surface area contributed by atoms with Gasteiger partial charge in [0, 0.05) is 32.2 Å². The third-order valence-corrected chi connectivity index (χ3v) is 1.95. The van der Waals surface area contributed by atoms with Crippen LogP contribution in [0.1, 0.15) is 5.56 Å². The highest BCUT2D eigenvalue weighted by Gasteiger charge is 2.03. The van der Waals surface area contributed by atoms with E-state index in [9.17, 15) is 4.79 Å². The smallest absolute Gasteiger partial charge is 0.241 e. The Hall–Kier alpha value is -1.58. The number of hydrogen-bond donors (Lipinski definition) is 1. The van der Waals surface area contributed by atoms with Crippen molar-refractivity contribution in [1.82, 2.24) is 9.88 Å². The van der Waals surface area contributed by atoms with Crippen LogP contribution in [-0.2, 0) is 4.79 Å². The molecule has 1 rings (SSSR count). The predicted molar refractivity (Wildman–Crippen MR) is 56.2 cm³/mol. The Morgan fingerprint density at radius 3 is 2.86 bits per heavy atom. The van der Waals surface area contributed by atoms with Gasteiger partial charge >= 0.3 is 0 Å². The minimum atomic E-state index is 0.0567. The summed E-state index contributed by atoms with van der Waals surface area (Å²) in [6.07, 6.45) is 3.47.